The van der Waals surface area contributed by atoms with Crippen LogP contribution in [-0.2, 0) is 11.3 Å². The molecule has 2 heterocycles. The van der Waals surface area contributed by atoms with Crippen molar-refractivity contribution in [3.8, 4) is 0 Å². The smallest absolute Gasteiger partial charge is 0.244 e. The van der Waals surface area contributed by atoms with Crippen LogP contribution in [0.4, 0.5) is 5.69 Å². The van der Waals surface area contributed by atoms with Crippen molar-refractivity contribution in [2.75, 3.05) is 18.5 Å². The summed E-state index contributed by atoms with van der Waals surface area (Å²) in [6.07, 6.45) is 2.09. The van der Waals surface area contributed by atoms with Crippen molar-refractivity contribution in [2.45, 2.75) is 25.4 Å². The van der Waals surface area contributed by atoms with Crippen LogP contribution in [0.15, 0.2) is 18.2 Å². The van der Waals surface area contributed by atoms with E-state index in [4.69, 9.17) is 11.6 Å². The van der Waals surface area contributed by atoms with Crippen LogP contribution in [0.1, 0.15) is 18.4 Å². The van der Waals surface area contributed by atoms with E-state index in [2.05, 4.69) is 4.90 Å². The molecule has 0 aliphatic carbocycles. The van der Waals surface area contributed by atoms with E-state index >= 15 is 0 Å². The SMILES string of the molecule is CN1C(=O)C2CCCN2Cc2cc(Cl)ccc21.Cl. The number of fused-ring (bicyclic) bond motifs is 2. The minimum absolute atomic E-state index is 0. The van der Waals surface area contributed by atoms with E-state index in [1.807, 2.05) is 25.2 Å². The van der Waals surface area contributed by atoms with Crippen LogP contribution in [0, 0.1) is 0 Å². The van der Waals surface area contributed by atoms with Crippen molar-refractivity contribution in [1.29, 1.82) is 0 Å². The van der Waals surface area contributed by atoms with Gasteiger partial charge in [-0.1, -0.05) is 11.6 Å². The lowest BCUT2D eigenvalue weighted by Gasteiger charge is -2.22. The highest BCUT2D eigenvalue weighted by Gasteiger charge is 2.36. The number of carbonyl (C=O) groups is 1. The highest BCUT2D eigenvalue weighted by Crippen LogP contribution is 2.32. The molecule has 1 unspecified atom stereocenters. The van der Waals surface area contributed by atoms with E-state index in [-0.39, 0.29) is 24.4 Å². The van der Waals surface area contributed by atoms with E-state index in [0.29, 0.717) is 0 Å². The van der Waals surface area contributed by atoms with Gasteiger partial charge in [0.1, 0.15) is 0 Å². The number of carbonyl (C=O) groups excluding carboxylic acids is 1. The summed E-state index contributed by atoms with van der Waals surface area (Å²) in [5, 5.41) is 0.738. The Labute approximate surface area is 118 Å². The Balaban J connectivity index is 0.00000120. The maximum Gasteiger partial charge on any atom is 0.244 e. The van der Waals surface area contributed by atoms with E-state index in [0.717, 1.165) is 42.2 Å². The molecule has 1 atom stereocenters. The van der Waals surface area contributed by atoms with E-state index in [1.54, 1.807) is 4.90 Å². The Kier molecular flexibility index (Phi) is 3.85. The number of likely N-dealkylation sites (N-methyl/N-ethyl adjacent to an activating group) is 1. The topological polar surface area (TPSA) is 23.6 Å². The van der Waals surface area contributed by atoms with Crippen LogP contribution in [0.2, 0.25) is 5.02 Å². The van der Waals surface area contributed by atoms with Crippen molar-refractivity contribution >= 4 is 35.6 Å². The largest absolute Gasteiger partial charge is 0.314 e. The zero-order chi connectivity index (χ0) is 12.0. The number of hydrogen-bond acceptors (Lipinski definition) is 2. The van der Waals surface area contributed by atoms with Crippen molar-refractivity contribution in [2.24, 2.45) is 0 Å². The zero-order valence-electron chi connectivity index (χ0n) is 10.2. The van der Waals surface area contributed by atoms with Gasteiger partial charge in [0.05, 0.1) is 6.04 Å². The first-order valence-corrected chi connectivity index (χ1v) is 6.34. The second kappa shape index (κ2) is 5.08. The van der Waals surface area contributed by atoms with Gasteiger partial charge in [-0.3, -0.25) is 9.69 Å². The van der Waals surface area contributed by atoms with Gasteiger partial charge < -0.3 is 4.90 Å². The van der Waals surface area contributed by atoms with E-state index in [1.165, 1.54) is 0 Å². The summed E-state index contributed by atoms with van der Waals surface area (Å²) >= 11 is 6.03. The zero-order valence-corrected chi connectivity index (χ0v) is 11.8. The predicted octanol–water partition coefficient (Wildman–Crippen LogP) is 2.70. The molecule has 3 nitrogen and oxygen atoms in total. The molecule has 0 spiro atoms. The maximum absolute atomic E-state index is 12.3. The first-order valence-electron chi connectivity index (χ1n) is 5.97. The van der Waals surface area contributed by atoms with Crippen LogP contribution in [0.25, 0.3) is 0 Å². The lowest BCUT2D eigenvalue weighted by molar-refractivity contribution is -0.122. The van der Waals surface area contributed by atoms with Gasteiger partial charge in [-0.15, -0.1) is 12.4 Å². The predicted molar refractivity (Wildman–Crippen MR) is 75.5 cm³/mol. The fraction of sp³-hybridized carbons (Fsp3) is 0.462. The molecule has 1 aromatic rings. The first-order chi connectivity index (χ1) is 8.16. The molecule has 2 aliphatic heterocycles. The molecular weight excluding hydrogens is 271 g/mol. The maximum atomic E-state index is 12.3. The van der Waals surface area contributed by atoms with Gasteiger partial charge in [0, 0.05) is 24.3 Å². The Morgan fingerprint density at radius 2 is 2.17 bits per heavy atom. The Hall–Kier alpha value is -0.770. The van der Waals surface area contributed by atoms with Gasteiger partial charge in [-0.05, 0) is 43.1 Å². The average molecular weight is 287 g/mol. The monoisotopic (exact) mass is 286 g/mol. The molecule has 5 heteroatoms. The molecule has 2 aliphatic rings. The molecule has 1 fully saturated rings. The number of amides is 1. The minimum atomic E-state index is 0. The third kappa shape index (κ3) is 2.11. The third-order valence-electron chi connectivity index (χ3n) is 3.76. The molecule has 3 rings (SSSR count). The number of benzene rings is 1. The van der Waals surface area contributed by atoms with Crippen LogP contribution in [0.5, 0.6) is 0 Å². The summed E-state index contributed by atoms with van der Waals surface area (Å²) in [5.41, 5.74) is 2.14. The van der Waals surface area contributed by atoms with Crippen molar-refractivity contribution in [3.63, 3.8) is 0 Å². The molecule has 1 saturated heterocycles. The Bertz CT molecular complexity index is 478. The van der Waals surface area contributed by atoms with Crippen LogP contribution >= 0.6 is 24.0 Å². The van der Waals surface area contributed by atoms with Crippen molar-refractivity contribution in [3.05, 3.63) is 28.8 Å². The van der Waals surface area contributed by atoms with Gasteiger partial charge in [-0.25, -0.2) is 0 Å². The molecule has 1 aromatic carbocycles. The normalized spacial score (nSPS) is 23.1. The van der Waals surface area contributed by atoms with Crippen molar-refractivity contribution < 1.29 is 4.79 Å². The second-order valence-electron chi connectivity index (χ2n) is 4.80. The lowest BCUT2D eigenvalue weighted by Crippen LogP contribution is -2.41. The van der Waals surface area contributed by atoms with Crippen LogP contribution < -0.4 is 4.90 Å². The van der Waals surface area contributed by atoms with Crippen LogP contribution in [0.3, 0.4) is 0 Å². The Morgan fingerprint density at radius 1 is 1.39 bits per heavy atom. The standard InChI is InChI=1S/C13H15ClN2O.ClH/c1-15-11-5-4-10(14)7-9(11)8-16-6-2-3-12(16)13(15)17;/h4-5,7,12H,2-3,6,8H2,1H3;1H. The summed E-state index contributed by atoms with van der Waals surface area (Å²) in [5.74, 6) is 0.212. The quantitative estimate of drug-likeness (QED) is 0.732. The fourth-order valence-electron chi connectivity index (χ4n) is 2.86. The van der Waals surface area contributed by atoms with E-state index < -0.39 is 0 Å². The summed E-state index contributed by atoms with van der Waals surface area (Å²) in [4.78, 5) is 16.4. The Morgan fingerprint density at radius 3 is 2.94 bits per heavy atom. The summed E-state index contributed by atoms with van der Waals surface area (Å²) in [7, 11) is 1.86. The van der Waals surface area contributed by atoms with Crippen molar-refractivity contribution in [1.82, 2.24) is 4.90 Å². The number of rotatable bonds is 0. The first kappa shape index (κ1) is 13.7. The molecule has 0 aromatic heterocycles. The summed E-state index contributed by atoms with van der Waals surface area (Å²) in [6, 6.07) is 5.82. The molecular formula is C13H16Cl2N2O. The lowest BCUT2D eigenvalue weighted by atomic mass is 10.1. The van der Waals surface area contributed by atoms with E-state index in [9.17, 15) is 4.79 Å². The highest BCUT2D eigenvalue weighted by atomic mass is 35.5. The van der Waals surface area contributed by atoms with Crippen LogP contribution in [-0.4, -0.2) is 30.4 Å². The number of anilines is 1. The van der Waals surface area contributed by atoms with Gasteiger partial charge in [0.2, 0.25) is 5.91 Å². The van der Waals surface area contributed by atoms with Gasteiger partial charge in [0.15, 0.2) is 0 Å². The molecule has 0 N–H and O–H groups in total. The second-order valence-corrected chi connectivity index (χ2v) is 5.24. The molecule has 0 bridgehead atoms. The van der Waals surface area contributed by atoms with Gasteiger partial charge in [-0.2, -0.15) is 0 Å². The number of halogens is 2. The highest BCUT2D eigenvalue weighted by molar-refractivity contribution is 6.30. The molecule has 18 heavy (non-hydrogen) atoms. The summed E-state index contributed by atoms with van der Waals surface area (Å²) < 4.78 is 0. The molecule has 0 radical (unpaired) electrons. The van der Waals surface area contributed by atoms with Gasteiger partial charge in [0.25, 0.3) is 0 Å². The summed E-state index contributed by atoms with van der Waals surface area (Å²) in [6.45, 7) is 1.84. The fourth-order valence-corrected chi connectivity index (χ4v) is 3.06. The average Bonchev–Trinajstić information content (AvgIpc) is 2.72. The number of hydrogen-bond donors (Lipinski definition) is 0. The molecule has 98 valence electrons. The number of nitrogens with zero attached hydrogens (tertiary/aromatic N) is 2. The van der Waals surface area contributed by atoms with Gasteiger partial charge >= 0.3 is 0 Å². The molecule has 1 amide bonds. The third-order valence-corrected chi connectivity index (χ3v) is 3.99. The minimum Gasteiger partial charge on any atom is -0.314 e. The molecule has 0 saturated carbocycles.